The molecule has 1 amide bonds. The highest BCUT2D eigenvalue weighted by Crippen LogP contribution is 2.40. The molecule has 0 saturated heterocycles. The lowest BCUT2D eigenvalue weighted by Gasteiger charge is -2.02. The SMILES string of the molecule is NC(=O)c1ccc(Sc2nc(-c3ccccc3)c(-c3ccccc3)o2)c([N+](=O)[O-])c1. The third-order valence-corrected chi connectivity index (χ3v) is 5.24. The molecule has 0 unspecified atom stereocenters. The molecule has 8 heteroatoms. The topological polar surface area (TPSA) is 112 Å². The van der Waals surface area contributed by atoms with Gasteiger partial charge in [-0.3, -0.25) is 14.9 Å². The lowest BCUT2D eigenvalue weighted by molar-refractivity contribution is -0.387. The summed E-state index contributed by atoms with van der Waals surface area (Å²) < 4.78 is 6.01. The number of aromatic nitrogens is 1. The summed E-state index contributed by atoms with van der Waals surface area (Å²) in [7, 11) is 0. The van der Waals surface area contributed by atoms with Gasteiger partial charge in [-0.15, -0.1) is 0 Å². The molecular formula is C22H15N3O4S. The van der Waals surface area contributed by atoms with Crippen LogP contribution in [0.25, 0.3) is 22.6 Å². The maximum atomic E-state index is 11.5. The molecule has 4 rings (SSSR count). The molecule has 4 aromatic rings. The molecule has 1 aromatic heterocycles. The molecule has 7 nitrogen and oxygen atoms in total. The van der Waals surface area contributed by atoms with Gasteiger partial charge in [0.2, 0.25) is 5.91 Å². The second kappa shape index (κ2) is 8.22. The Morgan fingerprint density at radius 2 is 1.60 bits per heavy atom. The number of primary amides is 1. The van der Waals surface area contributed by atoms with Gasteiger partial charge < -0.3 is 10.2 Å². The lowest BCUT2D eigenvalue weighted by Crippen LogP contribution is -2.11. The average molecular weight is 417 g/mol. The predicted molar refractivity (Wildman–Crippen MR) is 113 cm³/mol. The highest BCUT2D eigenvalue weighted by atomic mass is 32.2. The summed E-state index contributed by atoms with van der Waals surface area (Å²) in [6.45, 7) is 0. The largest absolute Gasteiger partial charge is 0.430 e. The van der Waals surface area contributed by atoms with Crippen LogP contribution in [0.3, 0.4) is 0 Å². The standard InChI is InChI=1S/C22H15N3O4S/c23-21(26)16-11-12-18(17(13-16)25(27)28)30-22-24-19(14-7-3-1-4-8-14)20(29-22)15-9-5-2-6-10-15/h1-13H,(H2,23,26). The van der Waals surface area contributed by atoms with E-state index < -0.39 is 10.8 Å². The van der Waals surface area contributed by atoms with Crippen LogP contribution >= 0.6 is 11.8 Å². The molecule has 1 heterocycles. The molecule has 0 atom stereocenters. The Morgan fingerprint density at radius 1 is 0.967 bits per heavy atom. The van der Waals surface area contributed by atoms with Gasteiger partial charge in [0.05, 0.1) is 9.82 Å². The van der Waals surface area contributed by atoms with Crippen molar-refractivity contribution in [2.75, 3.05) is 0 Å². The van der Waals surface area contributed by atoms with E-state index in [-0.39, 0.29) is 16.5 Å². The fourth-order valence-corrected chi connectivity index (χ4v) is 3.74. The zero-order valence-electron chi connectivity index (χ0n) is 15.5. The van der Waals surface area contributed by atoms with Crippen molar-refractivity contribution >= 4 is 23.4 Å². The number of amides is 1. The predicted octanol–water partition coefficient (Wildman–Crippen LogP) is 5.17. The third kappa shape index (κ3) is 3.94. The minimum Gasteiger partial charge on any atom is -0.430 e. The molecule has 0 spiro atoms. The summed E-state index contributed by atoms with van der Waals surface area (Å²) in [6, 6.07) is 23.1. The zero-order chi connectivity index (χ0) is 21.1. The van der Waals surface area contributed by atoms with Gasteiger partial charge >= 0.3 is 0 Å². The Morgan fingerprint density at radius 3 is 2.20 bits per heavy atom. The van der Waals surface area contributed by atoms with Crippen LogP contribution in [0.4, 0.5) is 5.69 Å². The molecule has 0 saturated carbocycles. The number of hydrogen-bond donors (Lipinski definition) is 1. The smallest absolute Gasteiger partial charge is 0.284 e. The summed E-state index contributed by atoms with van der Waals surface area (Å²) in [5, 5.41) is 11.7. The number of nitrogens with zero attached hydrogens (tertiary/aromatic N) is 2. The monoisotopic (exact) mass is 417 g/mol. The van der Waals surface area contributed by atoms with Gasteiger partial charge in [0.15, 0.2) is 5.76 Å². The Bertz CT molecular complexity index is 1170. The van der Waals surface area contributed by atoms with Crippen molar-refractivity contribution in [1.82, 2.24) is 4.98 Å². The molecule has 0 bridgehead atoms. The van der Waals surface area contributed by atoms with Crippen LogP contribution in [0.1, 0.15) is 10.4 Å². The molecule has 2 N–H and O–H groups in total. The molecular weight excluding hydrogens is 402 g/mol. The first-order valence-corrected chi connectivity index (χ1v) is 9.72. The van der Waals surface area contributed by atoms with Crippen LogP contribution in [0.15, 0.2) is 93.4 Å². The molecule has 0 aliphatic carbocycles. The number of nitrogens with two attached hydrogens (primary N) is 1. The molecule has 30 heavy (non-hydrogen) atoms. The van der Waals surface area contributed by atoms with E-state index >= 15 is 0 Å². The quantitative estimate of drug-likeness (QED) is 0.342. The summed E-state index contributed by atoms with van der Waals surface area (Å²) in [4.78, 5) is 27.2. The number of benzene rings is 3. The lowest BCUT2D eigenvalue weighted by atomic mass is 10.1. The summed E-state index contributed by atoms with van der Waals surface area (Å²) in [5.41, 5.74) is 7.41. The van der Waals surface area contributed by atoms with Crippen molar-refractivity contribution < 1.29 is 14.1 Å². The summed E-state index contributed by atoms with van der Waals surface area (Å²) in [6.07, 6.45) is 0. The van der Waals surface area contributed by atoms with E-state index in [0.717, 1.165) is 29.0 Å². The Labute approximate surface area is 175 Å². The molecule has 0 radical (unpaired) electrons. The second-order valence-corrected chi connectivity index (χ2v) is 7.29. The first-order valence-electron chi connectivity index (χ1n) is 8.90. The van der Waals surface area contributed by atoms with E-state index in [1.807, 2.05) is 60.7 Å². The van der Waals surface area contributed by atoms with Gasteiger partial charge in [-0.05, 0) is 23.9 Å². The van der Waals surface area contributed by atoms with Crippen molar-refractivity contribution in [3.8, 4) is 22.6 Å². The number of nitro benzene ring substituents is 1. The number of oxazole rings is 1. The van der Waals surface area contributed by atoms with Crippen LogP contribution in [0, 0.1) is 10.1 Å². The van der Waals surface area contributed by atoms with Crippen LogP contribution in [0.5, 0.6) is 0 Å². The minimum atomic E-state index is -0.733. The van der Waals surface area contributed by atoms with E-state index in [0.29, 0.717) is 16.3 Å². The van der Waals surface area contributed by atoms with E-state index in [2.05, 4.69) is 4.98 Å². The number of carbonyl (C=O) groups excluding carboxylic acids is 1. The second-order valence-electron chi connectivity index (χ2n) is 6.30. The zero-order valence-corrected chi connectivity index (χ0v) is 16.3. The Balaban J connectivity index is 1.79. The van der Waals surface area contributed by atoms with Crippen LogP contribution in [-0.4, -0.2) is 15.8 Å². The fourth-order valence-electron chi connectivity index (χ4n) is 2.91. The van der Waals surface area contributed by atoms with E-state index in [9.17, 15) is 14.9 Å². The summed E-state index contributed by atoms with van der Waals surface area (Å²) in [5.74, 6) is -0.163. The van der Waals surface area contributed by atoms with Crippen LogP contribution in [0.2, 0.25) is 0 Å². The highest BCUT2D eigenvalue weighted by molar-refractivity contribution is 7.99. The Kier molecular flexibility index (Phi) is 5.32. The van der Waals surface area contributed by atoms with E-state index in [4.69, 9.17) is 10.2 Å². The van der Waals surface area contributed by atoms with Crippen LogP contribution in [-0.2, 0) is 0 Å². The number of carbonyl (C=O) groups is 1. The number of hydrogen-bond acceptors (Lipinski definition) is 6. The third-order valence-electron chi connectivity index (χ3n) is 4.33. The Hall–Kier alpha value is -3.91. The first kappa shape index (κ1) is 19.4. The van der Waals surface area contributed by atoms with Crippen molar-refractivity contribution in [2.24, 2.45) is 5.73 Å². The van der Waals surface area contributed by atoms with Gasteiger partial charge in [-0.2, -0.15) is 0 Å². The molecule has 0 fully saturated rings. The van der Waals surface area contributed by atoms with E-state index in [1.165, 1.54) is 12.1 Å². The fraction of sp³-hybridized carbons (Fsp3) is 0. The summed E-state index contributed by atoms with van der Waals surface area (Å²) >= 11 is 1.02. The van der Waals surface area contributed by atoms with Gasteiger partial charge in [0, 0.05) is 22.8 Å². The van der Waals surface area contributed by atoms with Crippen molar-refractivity contribution in [2.45, 2.75) is 10.1 Å². The maximum Gasteiger partial charge on any atom is 0.284 e. The van der Waals surface area contributed by atoms with Gasteiger partial charge in [0.1, 0.15) is 5.69 Å². The van der Waals surface area contributed by atoms with E-state index in [1.54, 1.807) is 0 Å². The molecule has 0 aliphatic rings. The normalized spacial score (nSPS) is 10.7. The molecule has 3 aromatic carbocycles. The highest BCUT2D eigenvalue weighted by Gasteiger charge is 2.22. The molecule has 148 valence electrons. The number of nitro groups is 1. The number of rotatable bonds is 6. The van der Waals surface area contributed by atoms with Crippen molar-refractivity contribution in [1.29, 1.82) is 0 Å². The van der Waals surface area contributed by atoms with Crippen molar-refractivity contribution in [3.63, 3.8) is 0 Å². The average Bonchev–Trinajstić information content (AvgIpc) is 3.19. The minimum absolute atomic E-state index is 0.0633. The van der Waals surface area contributed by atoms with Crippen LogP contribution < -0.4 is 5.73 Å². The molecule has 0 aliphatic heterocycles. The van der Waals surface area contributed by atoms with Crippen molar-refractivity contribution in [3.05, 3.63) is 94.5 Å². The van der Waals surface area contributed by atoms with Gasteiger partial charge in [-0.25, -0.2) is 4.98 Å². The van der Waals surface area contributed by atoms with Gasteiger partial charge in [0.25, 0.3) is 10.9 Å². The maximum absolute atomic E-state index is 11.5. The van der Waals surface area contributed by atoms with Gasteiger partial charge in [-0.1, -0.05) is 60.7 Å². The first-order chi connectivity index (χ1) is 14.5.